The van der Waals surface area contributed by atoms with E-state index in [1.807, 2.05) is 0 Å². The highest BCUT2D eigenvalue weighted by atomic mass is 16.2. The third-order valence-electron chi connectivity index (χ3n) is 7.56. The van der Waals surface area contributed by atoms with Gasteiger partial charge >= 0.3 is 6.03 Å². The van der Waals surface area contributed by atoms with Crippen LogP contribution in [0.1, 0.15) is 63.4 Å². The molecule has 1 aliphatic carbocycles. The number of anilines is 1. The van der Waals surface area contributed by atoms with Gasteiger partial charge in [0, 0.05) is 19.3 Å². The van der Waals surface area contributed by atoms with Crippen LogP contribution in [0.25, 0.3) is 0 Å². The standard InChI is InChI=1S/C24H35N5O3/c25-20-14-16(10-11-27-20)13-19-21(22(26)30)29(23(19)31)24(32)28-12-6-9-18(15-28)17-7-4-2-1-3-5-8-17/h10-11,14,17-19,21H,1-9,12-13,15H2,(H2,25,27)(H2,26,30)/t18?,19-,21+/m1/s1. The minimum atomic E-state index is -0.911. The molecule has 1 unspecified atom stereocenters. The number of carbonyl (C=O) groups is 3. The molecule has 8 nitrogen and oxygen atoms in total. The largest absolute Gasteiger partial charge is 0.384 e. The molecule has 8 heteroatoms. The van der Waals surface area contributed by atoms with Crippen LogP contribution in [0.3, 0.4) is 0 Å². The number of nitrogens with zero attached hydrogens (tertiary/aromatic N) is 3. The third-order valence-corrected chi connectivity index (χ3v) is 7.56. The molecule has 3 aliphatic rings. The van der Waals surface area contributed by atoms with Crippen LogP contribution in [0.5, 0.6) is 0 Å². The zero-order chi connectivity index (χ0) is 22.7. The topological polar surface area (TPSA) is 123 Å². The van der Waals surface area contributed by atoms with Crippen molar-refractivity contribution in [3.05, 3.63) is 23.9 Å². The fourth-order valence-corrected chi connectivity index (χ4v) is 5.84. The van der Waals surface area contributed by atoms with E-state index in [9.17, 15) is 14.4 Å². The number of nitrogen functional groups attached to an aromatic ring is 1. The molecule has 1 aromatic rings. The second-order valence-electron chi connectivity index (χ2n) is 9.69. The van der Waals surface area contributed by atoms with Gasteiger partial charge in [0.25, 0.3) is 0 Å². The van der Waals surface area contributed by atoms with Crippen LogP contribution in [-0.4, -0.2) is 51.8 Å². The number of imide groups is 1. The molecule has 4 amide bonds. The SMILES string of the molecule is NC(=O)[C@@H]1[C@@H](Cc2ccnc(N)c2)C(=O)N1C(=O)N1CCCC(C2CCCCCCC2)C1. The predicted molar refractivity (Wildman–Crippen MR) is 121 cm³/mol. The van der Waals surface area contributed by atoms with Crippen LogP contribution in [0.15, 0.2) is 18.3 Å². The van der Waals surface area contributed by atoms with E-state index in [-0.39, 0.29) is 11.9 Å². The zero-order valence-corrected chi connectivity index (χ0v) is 18.7. The number of rotatable bonds is 4. The Balaban J connectivity index is 1.42. The molecule has 0 radical (unpaired) electrons. The zero-order valence-electron chi connectivity index (χ0n) is 18.7. The molecular weight excluding hydrogens is 406 g/mol. The van der Waals surface area contributed by atoms with Crippen LogP contribution in [0, 0.1) is 17.8 Å². The maximum Gasteiger partial charge on any atom is 0.327 e. The van der Waals surface area contributed by atoms with Gasteiger partial charge in [-0.05, 0) is 48.8 Å². The molecule has 4 rings (SSSR count). The number of piperidine rings is 1. The molecule has 32 heavy (non-hydrogen) atoms. The molecule has 0 aromatic carbocycles. The number of primary amides is 1. The van der Waals surface area contributed by atoms with Crippen molar-refractivity contribution < 1.29 is 14.4 Å². The number of hydrogen-bond acceptors (Lipinski definition) is 5. The fourth-order valence-electron chi connectivity index (χ4n) is 5.84. The molecule has 3 atom stereocenters. The van der Waals surface area contributed by atoms with Crippen LogP contribution in [0.2, 0.25) is 0 Å². The maximum atomic E-state index is 13.3. The Morgan fingerprint density at radius 2 is 1.72 bits per heavy atom. The lowest BCUT2D eigenvalue weighted by atomic mass is 9.78. The van der Waals surface area contributed by atoms with Gasteiger partial charge in [-0.1, -0.05) is 44.9 Å². The van der Waals surface area contributed by atoms with Gasteiger partial charge in [0.05, 0.1) is 5.92 Å². The highest BCUT2D eigenvalue weighted by Gasteiger charge is 2.54. The highest BCUT2D eigenvalue weighted by molar-refractivity contribution is 6.08. The van der Waals surface area contributed by atoms with E-state index in [1.54, 1.807) is 23.2 Å². The molecule has 3 heterocycles. The molecule has 0 spiro atoms. The number of β-lactam (4-membered cyclic amide) rings is 1. The number of likely N-dealkylation sites (tertiary alicyclic amines) is 2. The summed E-state index contributed by atoms with van der Waals surface area (Å²) < 4.78 is 0. The first-order chi connectivity index (χ1) is 15.5. The summed E-state index contributed by atoms with van der Waals surface area (Å²) >= 11 is 0. The summed E-state index contributed by atoms with van der Waals surface area (Å²) in [5.41, 5.74) is 12.2. The van der Waals surface area contributed by atoms with Gasteiger partial charge in [-0.15, -0.1) is 0 Å². The summed E-state index contributed by atoms with van der Waals surface area (Å²) in [5.74, 6) is -0.128. The molecule has 2 aliphatic heterocycles. The second kappa shape index (κ2) is 9.88. The average molecular weight is 442 g/mol. The Kier molecular flexibility index (Phi) is 6.96. The molecule has 1 saturated carbocycles. The number of hydrogen-bond donors (Lipinski definition) is 2. The van der Waals surface area contributed by atoms with E-state index >= 15 is 0 Å². The Hall–Kier alpha value is -2.64. The predicted octanol–water partition coefficient (Wildman–Crippen LogP) is 2.71. The molecule has 2 saturated heterocycles. The quantitative estimate of drug-likeness (QED) is 0.696. The first kappa shape index (κ1) is 22.6. The van der Waals surface area contributed by atoms with Crippen molar-refractivity contribution in [1.82, 2.24) is 14.8 Å². The van der Waals surface area contributed by atoms with E-state index in [0.717, 1.165) is 23.3 Å². The lowest BCUT2D eigenvalue weighted by Crippen LogP contribution is -2.70. The number of carbonyl (C=O) groups excluding carboxylic acids is 3. The van der Waals surface area contributed by atoms with Gasteiger partial charge in [0.2, 0.25) is 11.8 Å². The van der Waals surface area contributed by atoms with Crippen molar-refractivity contribution in [2.24, 2.45) is 23.5 Å². The van der Waals surface area contributed by atoms with Gasteiger partial charge < -0.3 is 16.4 Å². The van der Waals surface area contributed by atoms with Crippen molar-refractivity contribution >= 4 is 23.7 Å². The maximum absolute atomic E-state index is 13.3. The van der Waals surface area contributed by atoms with Crippen LogP contribution in [0.4, 0.5) is 10.6 Å². The fraction of sp³-hybridized carbons (Fsp3) is 0.667. The Morgan fingerprint density at radius 1 is 1.03 bits per heavy atom. The van der Waals surface area contributed by atoms with E-state index in [4.69, 9.17) is 11.5 Å². The van der Waals surface area contributed by atoms with Gasteiger partial charge in [0.15, 0.2) is 0 Å². The normalized spacial score (nSPS) is 27.4. The highest BCUT2D eigenvalue weighted by Crippen LogP contribution is 2.36. The first-order valence-electron chi connectivity index (χ1n) is 12.1. The van der Waals surface area contributed by atoms with Crippen LogP contribution in [-0.2, 0) is 16.0 Å². The summed E-state index contributed by atoms with van der Waals surface area (Å²) in [7, 11) is 0. The smallest absolute Gasteiger partial charge is 0.327 e. The molecule has 3 fully saturated rings. The summed E-state index contributed by atoms with van der Waals surface area (Å²) in [5, 5.41) is 0. The van der Waals surface area contributed by atoms with Crippen LogP contribution >= 0.6 is 0 Å². The summed E-state index contributed by atoms with van der Waals surface area (Å²) in [6.45, 7) is 1.30. The van der Waals surface area contributed by atoms with Crippen molar-refractivity contribution in [3.63, 3.8) is 0 Å². The van der Waals surface area contributed by atoms with Gasteiger partial charge in [-0.2, -0.15) is 0 Å². The van der Waals surface area contributed by atoms with Crippen LogP contribution < -0.4 is 11.5 Å². The minimum Gasteiger partial charge on any atom is -0.384 e. The van der Waals surface area contributed by atoms with Crippen molar-refractivity contribution in [2.75, 3.05) is 18.8 Å². The minimum absolute atomic E-state index is 0.313. The lowest BCUT2D eigenvalue weighted by molar-refractivity contribution is -0.157. The molecule has 4 N–H and O–H groups in total. The summed E-state index contributed by atoms with van der Waals surface area (Å²) in [4.78, 5) is 45.3. The van der Waals surface area contributed by atoms with Crippen molar-refractivity contribution in [2.45, 2.75) is 70.3 Å². The van der Waals surface area contributed by atoms with Gasteiger partial charge in [0.1, 0.15) is 11.9 Å². The van der Waals surface area contributed by atoms with Gasteiger partial charge in [-0.25, -0.2) is 9.78 Å². The summed E-state index contributed by atoms with van der Waals surface area (Å²) in [6.07, 6.45) is 12.9. The lowest BCUT2D eigenvalue weighted by Gasteiger charge is -2.47. The Labute approximate surface area is 189 Å². The second-order valence-corrected chi connectivity index (χ2v) is 9.69. The number of urea groups is 1. The Bertz CT molecular complexity index is 852. The first-order valence-corrected chi connectivity index (χ1v) is 12.1. The molecule has 0 bridgehead atoms. The molecular formula is C24H35N5O3. The molecule has 174 valence electrons. The summed E-state index contributed by atoms with van der Waals surface area (Å²) in [6, 6.07) is 2.17. The number of pyridine rings is 1. The van der Waals surface area contributed by atoms with E-state index in [0.29, 0.717) is 37.2 Å². The number of nitrogens with two attached hydrogens (primary N) is 2. The molecule has 1 aromatic heterocycles. The monoisotopic (exact) mass is 441 g/mol. The van der Waals surface area contributed by atoms with Gasteiger partial charge in [-0.3, -0.25) is 14.5 Å². The van der Waals surface area contributed by atoms with E-state index in [1.165, 1.54) is 44.9 Å². The number of aromatic nitrogens is 1. The number of amides is 4. The Morgan fingerprint density at radius 3 is 2.41 bits per heavy atom. The third kappa shape index (κ3) is 4.74. The van der Waals surface area contributed by atoms with E-state index < -0.39 is 17.9 Å². The average Bonchev–Trinajstić information content (AvgIpc) is 2.75. The van der Waals surface area contributed by atoms with Crippen molar-refractivity contribution in [1.29, 1.82) is 0 Å². The van der Waals surface area contributed by atoms with Crippen molar-refractivity contribution in [3.8, 4) is 0 Å². The van der Waals surface area contributed by atoms with E-state index in [2.05, 4.69) is 4.98 Å².